The van der Waals surface area contributed by atoms with Crippen molar-refractivity contribution in [1.29, 1.82) is 5.41 Å². The van der Waals surface area contributed by atoms with Crippen LogP contribution in [-0.2, 0) is 24.4 Å². The van der Waals surface area contributed by atoms with E-state index in [4.69, 9.17) is 14.5 Å². The second-order valence-electron chi connectivity index (χ2n) is 1.38. The van der Waals surface area contributed by atoms with E-state index in [1.807, 2.05) is 0 Å². The van der Waals surface area contributed by atoms with E-state index in [0.717, 1.165) is 0 Å². The minimum absolute atomic E-state index is 0.333. The molecule has 0 unspecified atom stereocenters. The fourth-order valence-electron chi connectivity index (χ4n) is 0.109. The van der Waals surface area contributed by atoms with Gasteiger partial charge in [0.2, 0.25) is 0 Å². The molecule has 0 fully saturated rings. The van der Waals surface area contributed by atoms with E-state index in [9.17, 15) is 16.8 Å². The zero-order valence-electron chi connectivity index (χ0n) is 5.91. The first-order valence-electron chi connectivity index (χ1n) is 2.19. The molecule has 0 saturated carbocycles. The Labute approximate surface area is 73.9 Å². The van der Waals surface area contributed by atoms with Crippen LogP contribution in [0.5, 0.6) is 0 Å². The minimum Gasteiger partial charge on any atom is -0.370 e. The molecule has 0 heterocycles. The highest BCUT2D eigenvalue weighted by Crippen LogP contribution is 1.91. The summed E-state index contributed by atoms with van der Waals surface area (Å²) in [4.78, 5) is 0. The number of hydrogen-bond donors (Lipinski definition) is 5. The molecule has 0 saturated heterocycles. The van der Waals surface area contributed by atoms with Crippen molar-refractivity contribution in [2.45, 2.75) is 0 Å². The number of guanidine groups is 1. The maximum absolute atomic E-state index is 9.44. The molecular weight excluding hydrogens is 230 g/mol. The number of hydrogen-bond acceptors (Lipinski definition) is 6. The highest BCUT2D eigenvalue weighted by molar-refractivity contribution is 7.94. The van der Waals surface area contributed by atoms with Gasteiger partial charge in [0.25, 0.3) is 0 Å². The van der Waals surface area contributed by atoms with Gasteiger partial charge >= 0.3 is 20.8 Å². The second-order valence-corrected chi connectivity index (χ2v) is 3.63. The van der Waals surface area contributed by atoms with E-state index in [-0.39, 0.29) is 5.96 Å². The van der Waals surface area contributed by atoms with Gasteiger partial charge in [-0.25, -0.2) is 0 Å². The summed E-state index contributed by atoms with van der Waals surface area (Å²) >= 11 is 0. The summed E-state index contributed by atoms with van der Waals surface area (Å²) < 4.78 is 55.6. The molecule has 0 radical (unpaired) electrons. The largest absolute Gasteiger partial charge is 0.413 e. The predicted molar refractivity (Wildman–Crippen MR) is 40.3 cm³/mol. The molecule has 0 aromatic carbocycles. The lowest BCUT2D eigenvalue weighted by Gasteiger charge is -1.89. The Balaban J connectivity index is 0. The summed E-state index contributed by atoms with van der Waals surface area (Å²) in [6.07, 6.45) is 0. The van der Waals surface area contributed by atoms with Crippen molar-refractivity contribution in [3.63, 3.8) is 0 Å². The van der Waals surface area contributed by atoms with Gasteiger partial charge in [0.05, 0.1) is 0 Å². The molecule has 0 spiro atoms. The lowest BCUT2D eigenvalue weighted by atomic mass is 11.1. The smallest absolute Gasteiger partial charge is 0.370 e. The molecular formula is CH7N3O7S2. The van der Waals surface area contributed by atoms with Crippen LogP contribution in [0.3, 0.4) is 0 Å². The van der Waals surface area contributed by atoms with Crippen molar-refractivity contribution in [3.05, 3.63) is 0 Å². The fourth-order valence-corrected chi connectivity index (χ4v) is 0.978. The van der Waals surface area contributed by atoms with E-state index in [0.29, 0.717) is 0 Å². The quantitative estimate of drug-likeness (QED) is 0.195. The summed E-state index contributed by atoms with van der Waals surface area (Å²) in [5, 5.41) is 6.06. The molecule has 0 aliphatic rings. The molecule has 0 aliphatic carbocycles. The van der Waals surface area contributed by atoms with Gasteiger partial charge in [-0.15, -0.1) is 3.63 Å². The van der Waals surface area contributed by atoms with E-state index in [1.165, 1.54) is 0 Å². The van der Waals surface area contributed by atoms with Gasteiger partial charge in [-0.3, -0.25) is 14.5 Å². The van der Waals surface area contributed by atoms with Crippen molar-refractivity contribution < 1.29 is 29.6 Å². The van der Waals surface area contributed by atoms with Crippen LogP contribution in [0.4, 0.5) is 0 Å². The van der Waals surface area contributed by atoms with Crippen molar-refractivity contribution in [2.24, 2.45) is 11.5 Å². The third-order valence-electron chi connectivity index (χ3n) is 0.172. The number of rotatable bonds is 2. The summed E-state index contributed by atoms with van der Waals surface area (Å²) in [5.41, 5.74) is 8.94. The molecule has 0 amide bonds. The van der Waals surface area contributed by atoms with Crippen LogP contribution in [0.25, 0.3) is 0 Å². The summed E-state index contributed by atoms with van der Waals surface area (Å²) in [7, 11) is -10.2. The van der Waals surface area contributed by atoms with Gasteiger partial charge in [0, 0.05) is 0 Å². The molecule has 0 rings (SSSR count). The normalized spacial score (nSPS) is 11.2. The van der Waals surface area contributed by atoms with Gasteiger partial charge in [-0.1, -0.05) is 0 Å². The van der Waals surface area contributed by atoms with Crippen LogP contribution >= 0.6 is 0 Å². The Kier molecular flexibility index (Phi) is 5.52. The molecule has 0 aromatic heterocycles. The van der Waals surface area contributed by atoms with Crippen LogP contribution < -0.4 is 11.5 Å². The first-order chi connectivity index (χ1) is 5.44. The van der Waals surface area contributed by atoms with Crippen molar-refractivity contribution in [1.82, 2.24) is 0 Å². The molecule has 13 heavy (non-hydrogen) atoms. The summed E-state index contributed by atoms with van der Waals surface area (Å²) in [6, 6.07) is 0. The monoisotopic (exact) mass is 237 g/mol. The van der Waals surface area contributed by atoms with Crippen LogP contribution in [0.2, 0.25) is 0 Å². The molecule has 12 heteroatoms. The average molecular weight is 237 g/mol. The Bertz CT molecular complexity index is 317. The van der Waals surface area contributed by atoms with Crippen LogP contribution in [-0.4, -0.2) is 31.9 Å². The third-order valence-corrected chi connectivity index (χ3v) is 1.55. The van der Waals surface area contributed by atoms with E-state index < -0.39 is 20.8 Å². The fraction of sp³-hybridized carbons (Fsp3) is 0. The van der Waals surface area contributed by atoms with E-state index >= 15 is 0 Å². The van der Waals surface area contributed by atoms with Crippen LogP contribution in [0.15, 0.2) is 0 Å². The predicted octanol–water partition coefficient (Wildman–Crippen LogP) is -2.55. The van der Waals surface area contributed by atoms with Gasteiger partial charge < -0.3 is 11.5 Å². The Morgan fingerprint density at radius 1 is 1.08 bits per heavy atom. The SMILES string of the molecule is N=C(N)N.O=S(=O)(O)OS(=O)(=O)O. The summed E-state index contributed by atoms with van der Waals surface area (Å²) in [6.45, 7) is 0. The highest BCUT2D eigenvalue weighted by Gasteiger charge is 2.15. The molecule has 0 aromatic rings. The average Bonchev–Trinajstić information content (AvgIpc) is 1.47. The Morgan fingerprint density at radius 3 is 1.23 bits per heavy atom. The van der Waals surface area contributed by atoms with Crippen molar-refractivity contribution >= 4 is 26.8 Å². The Hall–Kier alpha value is -0.950. The third kappa shape index (κ3) is 35.5. The lowest BCUT2D eigenvalue weighted by Crippen LogP contribution is -2.20. The topological polar surface area (TPSA) is 194 Å². The number of nitrogens with two attached hydrogens (primary N) is 2. The first-order valence-corrected chi connectivity index (χ1v) is 4.92. The zero-order valence-corrected chi connectivity index (χ0v) is 7.54. The molecule has 0 bridgehead atoms. The molecule has 0 aliphatic heterocycles. The van der Waals surface area contributed by atoms with Gasteiger partial charge in [-0.2, -0.15) is 16.8 Å². The summed E-state index contributed by atoms with van der Waals surface area (Å²) in [5.74, 6) is -0.333. The maximum Gasteiger partial charge on any atom is 0.413 e. The first kappa shape index (κ1) is 14.6. The second kappa shape index (κ2) is 4.93. The van der Waals surface area contributed by atoms with Gasteiger partial charge in [0.15, 0.2) is 5.96 Å². The molecule has 7 N–H and O–H groups in total. The highest BCUT2D eigenvalue weighted by atomic mass is 32.3. The van der Waals surface area contributed by atoms with Gasteiger partial charge in [0.1, 0.15) is 0 Å². The molecule has 10 nitrogen and oxygen atoms in total. The zero-order chi connectivity index (χ0) is 11.3. The van der Waals surface area contributed by atoms with Crippen LogP contribution in [0.1, 0.15) is 0 Å². The lowest BCUT2D eigenvalue weighted by molar-refractivity contribution is 0.344. The van der Waals surface area contributed by atoms with Gasteiger partial charge in [-0.05, 0) is 0 Å². The maximum atomic E-state index is 9.44. The van der Waals surface area contributed by atoms with Crippen LogP contribution in [0, 0.1) is 5.41 Å². The molecule has 0 atom stereocenters. The molecule has 80 valence electrons. The van der Waals surface area contributed by atoms with Crippen molar-refractivity contribution in [2.75, 3.05) is 0 Å². The van der Waals surface area contributed by atoms with E-state index in [2.05, 4.69) is 15.1 Å². The van der Waals surface area contributed by atoms with Crippen molar-refractivity contribution in [3.8, 4) is 0 Å². The standard InChI is InChI=1S/CH5N3.H2O7S2/c2-1(3)4;1-8(2,3)7-9(4,5)6/h(H5,2,3,4);(H,1,2,3)(H,4,5,6). The Morgan fingerprint density at radius 2 is 1.23 bits per heavy atom. The minimum atomic E-state index is -5.12. The number of nitrogens with one attached hydrogen (secondary N) is 1. The van der Waals surface area contributed by atoms with E-state index in [1.54, 1.807) is 0 Å².